The van der Waals surface area contributed by atoms with Gasteiger partial charge in [-0.2, -0.15) is 13.2 Å². The molecule has 122 valence electrons. The van der Waals surface area contributed by atoms with Gasteiger partial charge in [0.1, 0.15) is 11.6 Å². The van der Waals surface area contributed by atoms with Gasteiger partial charge < -0.3 is 9.15 Å². The minimum absolute atomic E-state index is 0.00265. The van der Waals surface area contributed by atoms with Crippen LogP contribution in [0.3, 0.4) is 0 Å². The molecule has 1 heterocycles. The van der Waals surface area contributed by atoms with Crippen molar-refractivity contribution >= 4 is 5.97 Å². The molecule has 1 aromatic heterocycles. The molecule has 1 fully saturated rings. The van der Waals surface area contributed by atoms with Gasteiger partial charge in [0, 0.05) is 5.92 Å². The van der Waals surface area contributed by atoms with E-state index in [1.165, 1.54) is 7.11 Å². The Bertz CT molecular complexity index is 763. The maximum atomic E-state index is 14.0. The zero-order valence-corrected chi connectivity index (χ0v) is 11.9. The summed E-state index contributed by atoms with van der Waals surface area (Å²) in [6, 6.07) is 2.03. The Morgan fingerprint density at radius 3 is 2.57 bits per heavy atom. The number of esters is 1. The van der Waals surface area contributed by atoms with Crippen LogP contribution in [0.5, 0.6) is 0 Å². The van der Waals surface area contributed by atoms with E-state index in [9.17, 15) is 22.4 Å². The summed E-state index contributed by atoms with van der Waals surface area (Å²) in [5.74, 6) is -1.80. The van der Waals surface area contributed by atoms with Crippen LogP contribution >= 0.6 is 0 Å². The monoisotopic (exact) mass is 329 g/mol. The Balaban J connectivity index is 2.03. The average Bonchev–Trinajstić information content (AvgIpc) is 3.24. The second-order valence-electron chi connectivity index (χ2n) is 5.19. The molecule has 8 heteroatoms. The summed E-state index contributed by atoms with van der Waals surface area (Å²) in [5, 5.41) is 0. The number of oxazole rings is 1. The molecule has 0 atom stereocenters. The van der Waals surface area contributed by atoms with Gasteiger partial charge in [-0.05, 0) is 31.0 Å². The topological polar surface area (TPSA) is 52.3 Å². The van der Waals surface area contributed by atoms with Crippen molar-refractivity contribution in [1.82, 2.24) is 4.98 Å². The maximum absolute atomic E-state index is 14.0. The first-order valence-electron chi connectivity index (χ1n) is 6.77. The predicted molar refractivity (Wildman–Crippen MR) is 70.2 cm³/mol. The van der Waals surface area contributed by atoms with Crippen LogP contribution in [-0.2, 0) is 10.9 Å². The van der Waals surface area contributed by atoms with Gasteiger partial charge in [-0.3, -0.25) is 0 Å². The Morgan fingerprint density at radius 2 is 2.04 bits per heavy atom. The molecular formula is C15H11F4NO3. The molecule has 1 aliphatic carbocycles. The Morgan fingerprint density at radius 1 is 1.35 bits per heavy atom. The van der Waals surface area contributed by atoms with E-state index >= 15 is 0 Å². The number of hydrogen-bond donors (Lipinski definition) is 0. The van der Waals surface area contributed by atoms with Crippen LogP contribution in [0.4, 0.5) is 17.6 Å². The van der Waals surface area contributed by atoms with Crippen LogP contribution in [0.2, 0.25) is 0 Å². The smallest absolute Gasteiger partial charge is 0.416 e. The standard InChI is InChI=1S/C15H11F4NO3/c1-22-14(21)11-12(7-2-3-7)23-13(20-11)9-5-4-8(6-10(9)16)15(17,18)19/h4-7H,2-3H2,1H3. The number of benzene rings is 1. The molecule has 0 aliphatic heterocycles. The summed E-state index contributed by atoms with van der Waals surface area (Å²) in [6.07, 6.45) is -3.05. The lowest BCUT2D eigenvalue weighted by Gasteiger charge is -2.07. The van der Waals surface area contributed by atoms with Crippen molar-refractivity contribution in [3.05, 3.63) is 41.0 Å². The van der Waals surface area contributed by atoms with E-state index in [2.05, 4.69) is 9.72 Å². The van der Waals surface area contributed by atoms with Crippen molar-refractivity contribution in [3.8, 4) is 11.5 Å². The van der Waals surface area contributed by atoms with Crippen molar-refractivity contribution in [1.29, 1.82) is 0 Å². The molecule has 0 radical (unpaired) electrons. The summed E-state index contributed by atoms with van der Waals surface area (Å²) >= 11 is 0. The molecule has 0 spiro atoms. The first-order chi connectivity index (χ1) is 10.8. The number of ether oxygens (including phenoxy) is 1. The van der Waals surface area contributed by atoms with E-state index in [1.54, 1.807) is 0 Å². The fraction of sp³-hybridized carbons (Fsp3) is 0.333. The molecule has 1 aliphatic rings. The number of carbonyl (C=O) groups is 1. The van der Waals surface area contributed by atoms with Crippen LogP contribution < -0.4 is 0 Å². The lowest BCUT2D eigenvalue weighted by atomic mass is 10.1. The molecule has 3 rings (SSSR count). The van der Waals surface area contributed by atoms with E-state index in [0.29, 0.717) is 6.07 Å². The number of methoxy groups -OCH3 is 1. The fourth-order valence-electron chi connectivity index (χ4n) is 2.18. The molecule has 0 amide bonds. The lowest BCUT2D eigenvalue weighted by Crippen LogP contribution is -2.06. The van der Waals surface area contributed by atoms with Crippen LogP contribution in [0, 0.1) is 5.82 Å². The summed E-state index contributed by atoms with van der Waals surface area (Å²) in [4.78, 5) is 15.6. The Labute approximate surface area is 128 Å². The number of carbonyl (C=O) groups excluding carboxylic acids is 1. The molecule has 0 bridgehead atoms. The molecule has 0 N–H and O–H groups in total. The second kappa shape index (κ2) is 5.36. The third-order valence-corrected chi connectivity index (χ3v) is 3.51. The number of aromatic nitrogens is 1. The van der Waals surface area contributed by atoms with Gasteiger partial charge in [0.15, 0.2) is 5.69 Å². The van der Waals surface area contributed by atoms with E-state index < -0.39 is 23.5 Å². The quantitative estimate of drug-likeness (QED) is 0.627. The zero-order chi connectivity index (χ0) is 16.8. The molecule has 1 saturated carbocycles. The molecule has 4 nitrogen and oxygen atoms in total. The number of nitrogens with zero attached hydrogens (tertiary/aromatic N) is 1. The minimum Gasteiger partial charge on any atom is -0.464 e. The van der Waals surface area contributed by atoms with Gasteiger partial charge >= 0.3 is 12.1 Å². The highest BCUT2D eigenvalue weighted by Crippen LogP contribution is 2.43. The van der Waals surface area contributed by atoms with E-state index in [4.69, 9.17) is 4.42 Å². The predicted octanol–water partition coefficient (Wildman–Crippen LogP) is 4.16. The highest BCUT2D eigenvalue weighted by Gasteiger charge is 2.35. The van der Waals surface area contributed by atoms with Gasteiger partial charge in [0.05, 0.1) is 18.2 Å². The van der Waals surface area contributed by atoms with E-state index in [0.717, 1.165) is 25.0 Å². The number of halogens is 4. The van der Waals surface area contributed by atoms with Gasteiger partial charge in [-0.25, -0.2) is 14.2 Å². The van der Waals surface area contributed by atoms with Gasteiger partial charge in [0.25, 0.3) is 0 Å². The van der Waals surface area contributed by atoms with Gasteiger partial charge in [-0.1, -0.05) is 0 Å². The molecule has 0 unspecified atom stereocenters. The summed E-state index contributed by atoms with van der Waals surface area (Å²) in [5.41, 5.74) is -1.42. The molecule has 1 aromatic carbocycles. The Kier molecular flexibility index (Phi) is 3.62. The van der Waals surface area contributed by atoms with Crippen molar-refractivity contribution in [2.45, 2.75) is 24.9 Å². The minimum atomic E-state index is -4.65. The van der Waals surface area contributed by atoms with Crippen LogP contribution in [-0.4, -0.2) is 18.1 Å². The van der Waals surface area contributed by atoms with E-state index in [-0.39, 0.29) is 28.8 Å². The number of rotatable bonds is 3. The average molecular weight is 329 g/mol. The van der Waals surface area contributed by atoms with Crippen molar-refractivity contribution in [3.63, 3.8) is 0 Å². The highest BCUT2D eigenvalue weighted by molar-refractivity contribution is 5.89. The first-order valence-corrected chi connectivity index (χ1v) is 6.77. The van der Waals surface area contributed by atoms with Crippen molar-refractivity contribution in [2.75, 3.05) is 7.11 Å². The summed E-state index contributed by atoms with van der Waals surface area (Å²) < 4.78 is 61.7. The molecular weight excluding hydrogens is 318 g/mol. The van der Waals surface area contributed by atoms with Crippen molar-refractivity contribution in [2.24, 2.45) is 0 Å². The maximum Gasteiger partial charge on any atom is 0.416 e. The van der Waals surface area contributed by atoms with Crippen LogP contribution in [0.15, 0.2) is 22.6 Å². The second-order valence-corrected chi connectivity index (χ2v) is 5.19. The zero-order valence-electron chi connectivity index (χ0n) is 11.9. The van der Waals surface area contributed by atoms with Crippen LogP contribution in [0.25, 0.3) is 11.5 Å². The first kappa shape index (κ1) is 15.5. The molecule has 2 aromatic rings. The third-order valence-electron chi connectivity index (χ3n) is 3.51. The number of hydrogen-bond acceptors (Lipinski definition) is 4. The number of alkyl halides is 3. The third kappa shape index (κ3) is 2.93. The summed E-state index contributed by atoms with van der Waals surface area (Å²) in [7, 11) is 1.17. The Hall–Kier alpha value is -2.38. The van der Waals surface area contributed by atoms with Crippen LogP contribution in [0.1, 0.15) is 40.6 Å². The van der Waals surface area contributed by atoms with Gasteiger partial charge in [-0.15, -0.1) is 0 Å². The normalized spacial score (nSPS) is 14.8. The lowest BCUT2D eigenvalue weighted by molar-refractivity contribution is -0.137. The van der Waals surface area contributed by atoms with Crippen molar-refractivity contribution < 1.29 is 31.5 Å². The van der Waals surface area contributed by atoms with E-state index in [1.807, 2.05) is 0 Å². The van der Waals surface area contributed by atoms with Gasteiger partial charge in [0.2, 0.25) is 5.89 Å². The summed E-state index contributed by atoms with van der Waals surface area (Å²) in [6.45, 7) is 0. The largest absolute Gasteiger partial charge is 0.464 e. The highest BCUT2D eigenvalue weighted by atomic mass is 19.4. The molecule has 0 saturated heterocycles. The fourth-order valence-corrected chi connectivity index (χ4v) is 2.18. The molecule has 23 heavy (non-hydrogen) atoms. The SMILES string of the molecule is COC(=O)c1nc(-c2ccc(C(F)(F)F)cc2F)oc1C1CC1.